The minimum absolute atomic E-state index is 0.226. The molecular formula is C10H14N2OS. The molecule has 4 heteroatoms. The smallest absolute Gasteiger partial charge is 0.123 e. The van der Waals surface area contributed by atoms with E-state index < -0.39 is 0 Å². The second-order valence-corrected chi connectivity index (χ2v) is 4.91. The van der Waals surface area contributed by atoms with E-state index in [1.165, 1.54) is 19.4 Å². The third-order valence-corrected chi connectivity index (χ3v) is 3.98. The van der Waals surface area contributed by atoms with Gasteiger partial charge >= 0.3 is 0 Å². The average molecular weight is 210 g/mol. The van der Waals surface area contributed by atoms with Crippen LogP contribution in [0.2, 0.25) is 0 Å². The van der Waals surface area contributed by atoms with Crippen LogP contribution in [0.5, 0.6) is 0 Å². The minimum Gasteiger partial charge on any atom is -0.368 e. The highest BCUT2D eigenvalue weighted by Gasteiger charge is 2.33. The summed E-state index contributed by atoms with van der Waals surface area (Å²) in [4.78, 5) is 6.87. The van der Waals surface area contributed by atoms with E-state index in [1.54, 1.807) is 11.3 Å². The highest BCUT2D eigenvalue weighted by Crippen LogP contribution is 2.30. The van der Waals surface area contributed by atoms with Gasteiger partial charge in [-0.25, -0.2) is 4.98 Å². The van der Waals surface area contributed by atoms with Crippen molar-refractivity contribution in [1.29, 1.82) is 0 Å². The van der Waals surface area contributed by atoms with Crippen LogP contribution in [0.25, 0.3) is 0 Å². The molecule has 2 atom stereocenters. The molecule has 2 saturated heterocycles. The predicted octanol–water partition coefficient (Wildman–Crippen LogP) is 1.68. The molecular weight excluding hydrogens is 196 g/mol. The molecule has 0 aromatic carbocycles. The molecule has 3 nitrogen and oxygen atoms in total. The fraction of sp³-hybridized carbons (Fsp3) is 0.700. The quantitative estimate of drug-likeness (QED) is 0.705. The number of ether oxygens (including phenoxy) is 1. The van der Waals surface area contributed by atoms with Crippen molar-refractivity contribution in [2.75, 3.05) is 19.7 Å². The largest absolute Gasteiger partial charge is 0.368 e. The molecule has 76 valence electrons. The second kappa shape index (κ2) is 3.61. The Kier molecular flexibility index (Phi) is 2.27. The Morgan fingerprint density at radius 3 is 3.43 bits per heavy atom. The van der Waals surface area contributed by atoms with Crippen molar-refractivity contribution in [3.8, 4) is 0 Å². The second-order valence-electron chi connectivity index (χ2n) is 3.98. The van der Waals surface area contributed by atoms with E-state index >= 15 is 0 Å². The van der Waals surface area contributed by atoms with Crippen LogP contribution < -0.4 is 0 Å². The monoisotopic (exact) mass is 210 g/mol. The Hall–Kier alpha value is -0.450. The van der Waals surface area contributed by atoms with Crippen molar-refractivity contribution in [3.63, 3.8) is 0 Å². The molecule has 0 N–H and O–H groups in total. The number of hydrogen-bond acceptors (Lipinski definition) is 4. The van der Waals surface area contributed by atoms with E-state index in [0.717, 1.165) is 18.2 Å². The summed E-state index contributed by atoms with van der Waals surface area (Å²) in [6.07, 6.45) is 4.73. The van der Waals surface area contributed by atoms with Crippen LogP contribution in [0.3, 0.4) is 0 Å². The first-order valence-electron chi connectivity index (χ1n) is 5.18. The van der Waals surface area contributed by atoms with Crippen LogP contribution in [0, 0.1) is 0 Å². The molecule has 2 unspecified atom stereocenters. The molecule has 3 heterocycles. The van der Waals surface area contributed by atoms with Crippen LogP contribution >= 0.6 is 11.3 Å². The molecule has 2 aliphatic rings. The number of aromatic nitrogens is 1. The molecule has 0 saturated carbocycles. The number of hydrogen-bond donors (Lipinski definition) is 0. The Morgan fingerprint density at radius 1 is 1.57 bits per heavy atom. The maximum absolute atomic E-state index is 5.84. The first kappa shape index (κ1) is 8.83. The first-order chi connectivity index (χ1) is 6.93. The van der Waals surface area contributed by atoms with Gasteiger partial charge in [0.25, 0.3) is 0 Å². The number of fused-ring (bicyclic) bond motifs is 1. The van der Waals surface area contributed by atoms with Gasteiger partial charge in [-0.1, -0.05) is 0 Å². The Bertz CT molecular complexity index is 301. The Balaban J connectivity index is 1.73. The van der Waals surface area contributed by atoms with E-state index in [2.05, 4.69) is 9.88 Å². The summed E-state index contributed by atoms with van der Waals surface area (Å²) in [5, 5.41) is 3.16. The van der Waals surface area contributed by atoms with Crippen LogP contribution in [-0.2, 0) is 4.74 Å². The summed E-state index contributed by atoms with van der Waals surface area (Å²) < 4.78 is 5.84. The maximum atomic E-state index is 5.84. The third kappa shape index (κ3) is 1.47. The summed E-state index contributed by atoms with van der Waals surface area (Å²) in [7, 11) is 0. The van der Waals surface area contributed by atoms with Crippen molar-refractivity contribution >= 4 is 11.3 Å². The lowest BCUT2D eigenvalue weighted by Crippen LogP contribution is -2.42. The molecule has 14 heavy (non-hydrogen) atoms. The first-order valence-corrected chi connectivity index (χ1v) is 6.06. The lowest BCUT2D eigenvalue weighted by atomic mass is 10.2. The minimum atomic E-state index is 0.226. The fourth-order valence-electron chi connectivity index (χ4n) is 2.36. The zero-order valence-electron chi connectivity index (χ0n) is 8.06. The summed E-state index contributed by atoms with van der Waals surface area (Å²) in [5.74, 6) is 0. The van der Waals surface area contributed by atoms with Crippen molar-refractivity contribution < 1.29 is 4.74 Å². The van der Waals surface area contributed by atoms with E-state index in [0.29, 0.717) is 6.04 Å². The molecule has 0 spiro atoms. The molecule has 2 fully saturated rings. The van der Waals surface area contributed by atoms with Gasteiger partial charge in [0.1, 0.15) is 11.1 Å². The molecule has 2 aliphatic heterocycles. The van der Waals surface area contributed by atoms with Crippen molar-refractivity contribution in [3.05, 3.63) is 16.6 Å². The predicted molar refractivity (Wildman–Crippen MR) is 55.4 cm³/mol. The van der Waals surface area contributed by atoms with Gasteiger partial charge in [-0.3, -0.25) is 4.90 Å². The van der Waals surface area contributed by atoms with Gasteiger partial charge in [0.2, 0.25) is 0 Å². The van der Waals surface area contributed by atoms with Crippen molar-refractivity contribution in [2.45, 2.75) is 25.0 Å². The van der Waals surface area contributed by atoms with Crippen LogP contribution in [0.1, 0.15) is 24.0 Å². The van der Waals surface area contributed by atoms with E-state index in [9.17, 15) is 0 Å². The number of nitrogens with zero attached hydrogens (tertiary/aromatic N) is 2. The van der Waals surface area contributed by atoms with Crippen LogP contribution in [0.15, 0.2) is 11.6 Å². The molecule has 0 bridgehead atoms. The third-order valence-electron chi connectivity index (χ3n) is 3.12. The highest BCUT2D eigenvalue weighted by atomic mass is 32.1. The lowest BCUT2D eigenvalue weighted by Gasteiger charge is -2.34. The van der Waals surface area contributed by atoms with Crippen molar-refractivity contribution in [1.82, 2.24) is 9.88 Å². The fourth-order valence-corrected chi connectivity index (χ4v) is 3.04. The van der Waals surface area contributed by atoms with E-state index in [4.69, 9.17) is 4.74 Å². The normalized spacial score (nSPS) is 33.1. The maximum Gasteiger partial charge on any atom is 0.123 e. The zero-order valence-corrected chi connectivity index (χ0v) is 8.87. The van der Waals surface area contributed by atoms with Gasteiger partial charge < -0.3 is 4.74 Å². The molecule has 0 amide bonds. The van der Waals surface area contributed by atoms with Crippen LogP contribution in [0.4, 0.5) is 0 Å². The summed E-state index contributed by atoms with van der Waals surface area (Å²) in [6.45, 7) is 3.18. The van der Waals surface area contributed by atoms with Gasteiger partial charge in [0.05, 0.1) is 6.61 Å². The summed E-state index contributed by atoms with van der Waals surface area (Å²) in [6, 6.07) is 0.686. The van der Waals surface area contributed by atoms with Crippen LogP contribution in [-0.4, -0.2) is 35.6 Å². The molecule has 0 radical (unpaired) electrons. The average Bonchev–Trinajstić information content (AvgIpc) is 2.88. The Labute approximate surface area is 87.7 Å². The molecule has 3 rings (SSSR count). The molecule has 1 aromatic rings. The number of morpholine rings is 1. The van der Waals surface area contributed by atoms with E-state index in [-0.39, 0.29) is 6.10 Å². The van der Waals surface area contributed by atoms with Crippen molar-refractivity contribution in [2.24, 2.45) is 0 Å². The topological polar surface area (TPSA) is 25.4 Å². The van der Waals surface area contributed by atoms with Gasteiger partial charge in [0, 0.05) is 24.2 Å². The zero-order chi connectivity index (χ0) is 9.38. The van der Waals surface area contributed by atoms with Gasteiger partial charge in [0.15, 0.2) is 0 Å². The van der Waals surface area contributed by atoms with Gasteiger partial charge in [-0.2, -0.15) is 0 Å². The lowest BCUT2D eigenvalue weighted by molar-refractivity contribution is -0.0502. The van der Waals surface area contributed by atoms with Gasteiger partial charge in [-0.15, -0.1) is 11.3 Å². The summed E-state index contributed by atoms with van der Waals surface area (Å²) >= 11 is 1.70. The Morgan fingerprint density at radius 2 is 2.57 bits per heavy atom. The molecule has 1 aromatic heterocycles. The SMILES string of the molecule is c1csc(C2CN3CCCC3CO2)n1. The standard InChI is InChI=1S/C10H14N2OS/c1-2-8-7-13-9(6-12(8)4-1)10-11-3-5-14-10/h3,5,8-9H,1-2,4,6-7H2. The van der Waals surface area contributed by atoms with Gasteiger partial charge in [-0.05, 0) is 19.4 Å². The number of thiazole rings is 1. The summed E-state index contributed by atoms with van der Waals surface area (Å²) in [5.41, 5.74) is 0. The molecule has 0 aliphatic carbocycles. The number of rotatable bonds is 1. The van der Waals surface area contributed by atoms with E-state index in [1.807, 2.05) is 11.6 Å². The highest BCUT2D eigenvalue weighted by molar-refractivity contribution is 7.09.